The van der Waals surface area contributed by atoms with Crippen LogP contribution in [0.5, 0.6) is 5.75 Å². The van der Waals surface area contributed by atoms with E-state index < -0.39 is 28.9 Å². The summed E-state index contributed by atoms with van der Waals surface area (Å²) in [5.74, 6) is 0.0986. The molecule has 2 heterocycles. The first-order valence-electron chi connectivity index (χ1n) is 16.2. The second-order valence-electron chi connectivity index (χ2n) is 12.6. The number of carbonyl (C=O) groups is 2. The zero-order valence-corrected chi connectivity index (χ0v) is 28.7. The van der Waals surface area contributed by atoms with Crippen molar-refractivity contribution in [3.63, 3.8) is 0 Å². The van der Waals surface area contributed by atoms with Crippen LogP contribution in [0.25, 0.3) is 0 Å². The van der Waals surface area contributed by atoms with Crippen molar-refractivity contribution in [2.75, 3.05) is 61.5 Å². The number of aryl methyl sites for hydroxylation is 1. The van der Waals surface area contributed by atoms with Crippen molar-refractivity contribution in [2.45, 2.75) is 78.1 Å². The largest absolute Gasteiger partial charge is 0.492 e. The number of piperazine rings is 1. The summed E-state index contributed by atoms with van der Waals surface area (Å²) in [4.78, 5) is 33.1. The Morgan fingerprint density at radius 2 is 1.79 bits per heavy atom. The molecule has 2 fully saturated rings. The number of amides is 1. The lowest BCUT2D eigenvalue weighted by Gasteiger charge is -2.39. The van der Waals surface area contributed by atoms with E-state index in [4.69, 9.17) is 27.4 Å². The molecule has 2 N–H and O–H groups in total. The van der Waals surface area contributed by atoms with E-state index in [1.165, 1.54) is 6.07 Å². The number of hydrogen-bond donors (Lipinski definition) is 1. The van der Waals surface area contributed by atoms with Crippen molar-refractivity contribution < 1.29 is 32.2 Å². The van der Waals surface area contributed by atoms with Crippen molar-refractivity contribution in [1.82, 2.24) is 9.80 Å². The summed E-state index contributed by atoms with van der Waals surface area (Å²) in [6.45, 7) is 14.0. The molecule has 4 rings (SSSR count). The van der Waals surface area contributed by atoms with Gasteiger partial charge in [0.05, 0.1) is 24.4 Å². The summed E-state index contributed by atoms with van der Waals surface area (Å²) in [6.07, 6.45) is -0.985. The molecule has 2 aromatic carbocycles. The highest BCUT2D eigenvalue weighted by Gasteiger charge is 2.50. The van der Waals surface area contributed by atoms with Gasteiger partial charge in [-0.2, -0.15) is 13.2 Å². The Hall–Kier alpha value is -3.42. The standard InChI is InChI=1S/C34H46F3N5O4S/c1-6-8-9-17-46-30(43)22-40-15-14-39(21-23(40)3)16-18-45-29-13-11-26(19-24(29)7-2)42-32(47)41(31(44)33(42,4)5)25-10-12-28(38)27(20-25)34(35,36)37/h10-13,19-20,23H,6-9,14-18,21-22,38H2,1-5H3/t23-/m1/s1. The molecule has 2 aliphatic rings. The van der Waals surface area contributed by atoms with Gasteiger partial charge in [0.15, 0.2) is 5.11 Å². The molecular weight excluding hydrogens is 631 g/mol. The number of rotatable bonds is 13. The second kappa shape index (κ2) is 15.2. The predicted molar refractivity (Wildman–Crippen MR) is 182 cm³/mol. The Balaban J connectivity index is 1.38. The van der Waals surface area contributed by atoms with Gasteiger partial charge >= 0.3 is 12.1 Å². The molecule has 9 nitrogen and oxygen atoms in total. The van der Waals surface area contributed by atoms with Gasteiger partial charge in [0.25, 0.3) is 5.91 Å². The number of halogens is 3. The van der Waals surface area contributed by atoms with Crippen LogP contribution in [0, 0.1) is 0 Å². The Kier molecular flexibility index (Phi) is 11.8. The fraction of sp³-hybridized carbons (Fsp3) is 0.559. The van der Waals surface area contributed by atoms with Crippen LogP contribution >= 0.6 is 12.2 Å². The Labute approximate surface area is 280 Å². The molecule has 0 radical (unpaired) electrons. The number of nitrogens with two attached hydrogens (primary N) is 1. The van der Waals surface area contributed by atoms with Crippen LogP contribution in [0.3, 0.4) is 0 Å². The van der Waals surface area contributed by atoms with Crippen LogP contribution in [0.2, 0.25) is 0 Å². The summed E-state index contributed by atoms with van der Waals surface area (Å²) in [7, 11) is 0. The monoisotopic (exact) mass is 677 g/mol. The molecule has 0 unspecified atom stereocenters. The number of alkyl halides is 3. The lowest BCUT2D eigenvalue weighted by atomic mass is 10.0. The Bertz CT molecular complexity index is 1450. The number of thiocarbonyl (C=S) groups is 1. The molecule has 1 amide bonds. The Morgan fingerprint density at radius 1 is 1.06 bits per heavy atom. The lowest BCUT2D eigenvalue weighted by molar-refractivity contribution is -0.146. The van der Waals surface area contributed by atoms with Crippen molar-refractivity contribution in [3.8, 4) is 5.75 Å². The molecule has 1 atom stereocenters. The third-order valence-corrected chi connectivity index (χ3v) is 9.17. The third-order valence-electron chi connectivity index (χ3n) is 8.81. The smallest absolute Gasteiger partial charge is 0.418 e. The first-order valence-corrected chi connectivity index (χ1v) is 16.6. The Morgan fingerprint density at radius 3 is 2.45 bits per heavy atom. The van der Waals surface area contributed by atoms with Gasteiger partial charge in [0, 0.05) is 43.6 Å². The topological polar surface area (TPSA) is 91.6 Å². The first-order chi connectivity index (χ1) is 22.2. The molecule has 2 aromatic rings. The molecule has 0 bridgehead atoms. The van der Waals surface area contributed by atoms with Crippen molar-refractivity contribution in [3.05, 3.63) is 47.5 Å². The summed E-state index contributed by atoms with van der Waals surface area (Å²) < 4.78 is 52.4. The van der Waals surface area contributed by atoms with E-state index in [1.54, 1.807) is 18.7 Å². The van der Waals surface area contributed by atoms with E-state index in [1.807, 2.05) is 25.1 Å². The van der Waals surface area contributed by atoms with Gasteiger partial charge in [0.2, 0.25) is 0 Å². The number of nitrogens with zero attached hydrogens (tertiary/aromatic N) is 4. The van der Waals surface area contributed by atoms with E-state index in [-0.39, 0.29) is 22.8 Å². The molecule has 0 aromatic heterocycles. The number of esters is 1. The fourth-order valence-electron chi connectivity index (χ4n) is 6.05. The third kappa shape index (κ3) is 8.36. The van der Waals surface area contributed by atoms with Crippen molar-refractivity contribution in [1.29, 1.82) is 0 Å². The fourth-order valence-corrected chi connectivity index (χ4v) is 6.57. The van der Waals surface area contributed by atoms with Crippen molar-refractivity contribution in [2.24, 2.45) is 0 Å². The van der Waals surface area contributed by atoms with Gasteiger partial charge in [-0.15, -0.1) is 0 Å². The normalized spacial score (nSPS) is 19.0. The molecule has 0 aliphatic carbocycles. The van der Waals surface area contributed by atoms with Crippen LogP contribution in [0.4, 0.5) is 30.2 Å². The van der Waals surface area contributed by atoms with Crippen LogP contribution < -0.4 is 20.3 Å². The molecule has 0 spiro atoms. The molecule has 47 heavy (non-hydrogen) atoms. The minimum Gasteiger partial charge on any atom is -0.492 e. The van der Waals surface area contributed by atoms with Crippen LogP contribution in [-0.2, 0) is 26.9 Å². The molecule has 258 valence electrons. The summed E-state index contributed by atoms with van der Waals surface area (Å²) >= 11 is 5.70. The van der Waals surface area contributed by atoms with E-state index in [2.05, 4.69) is 23.6 Å². The van der Waals surface area contributed by atoms with Crippen molar-refractivity contribution >= 4 is 46.3 Å². The maximum Gasteiger partial charge on any atom is 0.418 e. The average Bonchev–Trinajstić information content (AvgIpc) is 3.19. The van der Waals surface area contributed by atoms with Crippen LogP contribution in [-0.4, -0.2) is 84.3 Å². The minimum absolute atomic E-state index is 0.00487. The van der Waals surface area contributed by atoms with E-state index in [0.29, 0.717) is 37.6 Å². The first kappa shape index (κ1) is 36.4. The van der Waals surface area contributed by atoms with Gasteiger partial charge in [-0.3, -0.25) is 24.3 Å². The number of unbranched alkanes of at least 4 members (excludes halogenated alkanes) is 2. The van der Waals surface area contributed by atoms with Gasteiger partial charge in [-0.1, -0.05) is 26.7 Å². The number of carbonyl (C=O) groups excluding carboxylic acids is 2. The summed E-state index contributed by atoms with van der Waals surface area (Å²) in [6, 6.07) is 9.14. The molecule has 0 saturated carbocycles. The van der Waals surface area contributed by atoms with E-state index in [0.717, 1.165) is 68.0 Å². The number of ether oxygens (including phenoxy) is 2. The number of anilines is 3. The zero-order valence-electron chi connectivity index (χ0n) is 27.9. The highest BCUT2D eigenvalue weighted by Crippen LogP contribution is 2.41. The number of hydrogen-bond acceptors (Lipinski definition) is 8. The molecule has 13 heteroatoms. The molecular formula is C34H46F3N5O4S. The quantitative estimate of drug-likeness (QED) is 0.121. The van der Waals surface area contributed by atoms with E-state index >= 15 is 0 Å². The van der Waals surface area contributed by atoms with Gasteiger partial charge < -0.3 is 20.1 Å². The minimum atomic E-state index is -4.68. The predicted octanol–water partition coefficient (Wildman–Crippen LogP) is 5.89. The van der Waals surface area contributed by atoms with E-state index in [9.17, 15) is 22.8 Å². The molecule has 2 saturated heterocycles. The van der Waals surface area contributed by atoms with Gasteiger partial charge in [0.1, 0.15) is 17.9 Å². The zero-order chi connectivity index (χ0) is 34.5. The van der Waals surface area contributed by atoms with Crippen LogP contribution in [0.1, 0.15) is 65.0 Å². The summed E-state index contributed by atoms with van der Waals surface area (Å²) in [5.41, 5.74) is 4.54. The average molecular weight is 678 g/mol. The maximum absolute atomic E-state index is 13.6. The summed E-state index contributed by atoms with van der Waals surface area (Å²) in [5, 5.41) is 0.0756. The second-order valence-corrected chi connectivity index (χ2v) is 13.0. The molecule has 2 aliphatic heterocycles. The highest BCUT2D eigenvalue weighted by atomic mass is 32.1. The van der Waals surface area contributed by atoms with Crippen LogP contribution in [0.15, 0.2) is 36.4 Å². The van der Waals surface area contributed by atoms with Gasteiger partial charge in [-0.05, 0) is 87.8 Å². The number of benzene rings is 2. The SMILES string of the molecule is CCCCCOC(=O)CN1CCN(CCOc2ccc(N3C(=S)N(c4ccc(N)c(C(F)(F)F)c4)C(=O)C3(C)C)cc2CC)C[C@H]1C. The highest BCUT2D eigenvalue weighted by molar-refractivity contribution is 7.81. The number of nitrogen functional groups attached to an aromatic ring is 1. The van der Waals surface area contributed by atoms with Gasteiger partial charge in [-0.25, -0.2) is 0 Å². The lowest BCUT2D eigenvalue weighted by Crippen LogP contribution is -2.54. The maximum atomic E-state index is 13.6.